The number of rotatable bonds is 9. The third-order valence-corrected chi connectivity index (χ3v) is 5.44. The van der Waals surface area contributed by atoms with Crippen LogP contribution in [-0.4, -0.2) is 52.8 Å². The zero-order chi connectivity index (χ0) is 24.8. The maximum atomic E-state index is 13.3. The van der Waals surface area contributed by atoms with Gasteiger partial charge in [-0.25, -0.2) is 9.18 Å². The van der Waals surface area contributed by atoms with Gasteiger partial charge in [0, 0.05) is 5.69 Å². The van der Waals surface area contributed by atoms with E-state index in [1.807, 2.05) is 0 Å². The molecule has 1 saturated heterocycles. The summed E-state index contributed by atoms with van der Waals surface area (Å²) < 4.78 is 23.9. The lowest BCUT2D eigenvalue weighted by atomic mass is 10.1. The molecule has 2 aromatic carbocycles. The summed E-state index contributed by atoms with van der Waals surface area (Å²) >= 11 is 6.85. The van der Waals surface area contributed by atoms with Crippen molar-refractivity contribution < 1.29 is 38.1 Å². The van der Waals surface area contributed by atoms with Crippen molar-refractivity contribution in [2.75, 3.05) is 25.1 Å². The van der Waals surface area contributed by atoms with Gasteiger partial charge in [0.05, 0.1) is 16.5 Å². The molecule has 0 bridgehead atoms. The Morgan fingerprint density at radius 3 is 2.68 bits per heavy atom. The molecule has 0 aromatic heterocycles. The first-order valence-electron chi connectivity index (χ1n) is 9.79. The zero-order valence-electron chi connectivity index (χ0n) is 17.7. The van der Waals surface area contributed by atoms with Crippen molar-refractivity contribution >= 4 is 58.1 Å². The second-order valence-corrected chi connectivity index (χ2v) is 8.17. The molecule has 1 aliphatic heterocycles. The lowest BCUT2D eigenvalue weighted by molar-refractivity contribution is -0.139. The molecule has 3 rings (SSSR count). The Kier molecular flexibility index (Phi) is 8.13. The van der Waals surface area contributed by atoms with Crippen LogP contribution in [0.4, 0.5) is 14.9 Å². The number of halogens is 2. The van der Waals surface area contributed by atoms with Crippen LogP contribution in [0.1, 0.15) is 12.5 Å². The number of anilines is 1. The number of carbonyl (C=O) groups excluding carboxylic acids is 3. The number of carboxylic acids is 1. The fourth-order valence-electron chi connectivity index (χ4n) is 2.91. The summed E-state index contributed by atoms with van der Waals surface area (Å²) in [5, 5.41) is 10.7. The molecule has 3 amide bonds. The molecule has 1 fully saturated rings. The first-order chi connectivity index (χ1) is 16.2. The quantitative estimate of drug-likeness (QED) is 0.487. The molecule has 178 valence electrons. The van der Waals surface area contributed by atoms with Crippen LogP contribution in [0.2, 0.25) is 5.02 Å². The second kappa shape index (κ2) is 11.0. The number of carbonyl (C=O) groups is 4. The monoisotopic (exact) mass is 508 g/mol. The van der Waals surface area contributed by atoms with E-state index < -0.39 is 42.0 Å². The van der Waals surface area contributed by atoms with Crippen LogP contribution >= 0.6 is 23.4 Å². The molecule has 12 heteroatoms. The zero-order valence-corrected chi connectivity index (χ0v) is 19.2. The van der Waals surface area contributed by atoms with Crippen LogP contribution in [0.5, 0.6) is 11.5 Å². The molecule has 2 N–H and O–H groups in total. The number of carboxylic acid groups (broad SMARTS) is 1. The number of amides is 3. The van der Waals surface area contributed by atoms with E-state index in [1.165, 1.54) is 36.4 Å². The minimum absolute atomic E-state index is 0.0326. The van der Waals surface area contributed by atoms with Gasteiger partial charge < -0.3 is 19.9 Å². The van der Waals surface area contributed by atoms with Gasteiger partial charge in [0.2, 0.25) is 5.91 Å². The minimum atomic E-state index is -1.20. The molecule has 0 spiro atoms. The lowest BCUT2D eigenvalue weighted by Crippen LogP contribution is -2.36. The van der Waals surface area contributed by atoms with Gasteiger partial charge in [-0.15, -0.1) is 0 Å². The van der Waals surface area contributed by atoms with E-state index in [-0.39, 0.29) is 33.7 Å². The van der Waals surface area contributed by atoms with Gasteiger partial charge in [0.1, 0.15) is 12.4 Å². The Morgan fingerprint density at radius 1 is 1.24 bits per heavy atom. The fraction of sp³-hybridized carbons (Fsp3) is 0.182. The average molecular weight is 509 g/mol. The van der Waals surface area contributed by atoms with Crippen LogP contribution in [-0.2, 0) is 14.4 Å². The minimum Gasteiger partial charge on any atom is -0.490 e. The van der Waals surface area contributed by atoms with Gasteiger partial charge >= 0.3 is 5.97 Å². The maximum absolute atomic E-state index is 13.3. The Bertz CT molecular complexity index is 1190. The maximum Gasteiger partial charge on any atom is 0.341 e. The van der Waals surface area contributed by atoms with E-state index in [1.54, 1.807) is 6.92 Å². The van der Waals surface area contributed by atoms with E-state index in [9.17, 15) is 23.6 Å². The number of imide groups is 1. The highest BCUT2D eigenvalue weighted by Gasteiger charge is 2.36. The van der Waals surface area contributed by atoms with Crippen molar-refractivity contribution in [1.82, 2.24) is 4.90 Å². The van der Waals surface area contributed by atoms with E-state index in [0.29, 0.717) is 17.3 Å². The predicted molar refractivity (Wildman–Crippen MR) is 123 cm³/mol. The molecule has 0 aliphatic carbocycles. The Balaban J connectivity index is 1.77. The molecule has 0 unspecified atom stereocenters. The molecular formula is C22H18ClFN2O7S. The third kappa shape index (κ3) is 6.27. The first-order valence-corrected chi connectivity index (χ1v) is 11.0. The normalized spacial score (nSPS) is 14.4. The topological polar surface area (TPSA) is 122 Å². The summed E-state index contributed by atoms with van der Waals surface area (Å²) in [7, 11) is 0. The number of thioether (sulfide) groups is 1. The van der Waals surface area contributed by atoms with Crippen LogP contribution in [0.15, 0.2) is 41.3 Å². The summed E-state index contributed by atoms with van der Waals surface area (Å²) in [5.74, 6) is -2.91. The van der Waals surface area contributed by atoms with Crippen molar-refractivity contribution in [2.24, 2.45) is 0 Å². The van der Waals surface area contributed by atoms with Crippen LogP contribution < -0.4 is 14.8 Å². The first kappa shape index (κ1) is 25.1. The van der Waals surface area contributed by atoms with Gasteiger partial charge in [-0.1, -0.05) is 17.7 Å². The highest BCUT2D eigenvalue weighted by atomic mass is 35.5. The summed E-state index contributed by atoms with van der Waals surface area (Å²) in [4.78, 5) is 48.9. The smallest absolute Gasteiger partial charge is 0.341 e. The average Bonchev–Trinajstić information content (AvgIpc) is 3.00. The molecule has 0 saturated carbocycles. The number of hydrogen-bond acceptors (Lipinski definition) is 7. The molecule has 0 atom stereocenters. The predicted octanol–water partition coefficient (Wildman–Crippen LogP) is 4.02. The largest absolute Gasteiger partial charge is 0.490 e. The molecule has 9 nitrogen and oxygen atoms in total. The Hall–Kier alpha value is -3.57. The van der Waals surface area contributed by atoms with Crippen molar-refractivity contribution in [3.05, 3.63) is 57.7 Å². The summed E-state index contributed by atoms with van der Waals surface area (Å²) in [6, 6.07) is 8.11. The van der Waals surface area contributed by atoms with Gasteiger partial charge in [-0.3, -0.25) is 19.3 Å². The molecule has 1 aliphatic rings. The van der Waals surface area contributed by atoms with Crippen molar-refractivity contribution in [1.29, 1.82) is 0 Å². The van der Waals surface area contributed by atoms with Crippen LogP contribution in [0.3, 0.4) is 0 Å². The highest BCUT2D eigenvalue weighted by Crippen LogP contribution is 2.39. The third-order valence-electron chi connectivity index (χ3n) is 4.25. The number of hydrogen-bond donors (Lipinski definition) is 2. The van der Waals surface area contributed by atoms with E-state index in [4.69, 9.17) is 26.2 Å². The molecule has 2 aromatic rings. The molecule has 1 heterocycles. The second-order valence-electron chi connectivity index (χ2n) is 6.77. The van der Waals surface area contributed by atoms with E-state index >= 15 is 0 Å². The van der Waals surface area contributed by atoms with Crippen molar-refractivity contribution in [3.63, 3.8) is 0 Å². The van der Waals surface area contributed by atoms with Gasteiger partial charge in [-0.05, 0) is 60.7 Å². The summed E-state index contributed by atoms with van der Waals surface area (Å²) in [5.41, 5.74) is 0.585. The Labute approximate surface area is 202 Å². The van der Waals surface area contributed by atoms with Crippen molar-refractivity contribution in [2.45, 2.75) is 6.92 Å². The summed E-state index contributed by atoms with van der Waals surface area (Å²) in [6.45, 7) is 0.767. The number of ether oxygens (including phenoxy) is 2. The van der Waals surface area contributed by atoms with Crippen molar-refractivity contribution in [3.8, 4) is 11.5 Å². The number of aliphatic carboxylic acids is 1. The molecule has 0 radical (unpaired) electrons. The fourth-order valence-corrected chi connectivity index (χ4v) is 4.02. The standard InChI is InChI=1S/C22H18ClFN2O7S/c1-2-32-16-7-12(6-15(23)20(16)33-11-19(28)29)8-17-21(30)26(22(31)34-17)10-18(27)25-14-5-3-4-13(24)9-14/h3-9H,2,10-11H2,1H3,(H,25,27)(H,28,29)/b17-8+. The number of nitrogens with one attached hydrogen (secondary N) is 1. The SMILES string of the molecule is CCOc1cc(/C=C2/SC(=O)N(CC(=O)Nc3cccc(F)c3)C2=O)cc(Cl)c1OCC(=O)O. The van der Waals surface area contributed by atoms with Gasteiger partial charge in [-0.2, -0.15) is 0 Å². The number of nitrogens with zero attached hydrogens (tertiary/aromatic N) is 1. The summed E-state index contributed by atoms with van der Waals surface area (Å²) in [6.07, 6.45) is 1.39. The van der Waals surface area contributed by atoms with Gasteiger partial charge in [0.25, 0.3) is 11.1 Å². The van der Waals surface area contributed by atoms with Crippen LogP contribution in [0, 0.1) is 5.82 Å². The van der Waals surface area contributed by atoms with Gasteiger partial charge in [0.15, 0.2) is 18.1 Å². The molecule has 34 heavy (non-hydrogen) atoms. The van der Waals surface area contributed by atoms with E-state index in [0.717, 1.165) is 11.0 Å². The molecular weight excluding hydrogens is 491 g/mol. The number of benzene rings is 2. The highest BCUT2D eigenvalue weighted by molar-refractivity contribution is 8.18. The Morgan fingerprint density at radius 2 is 2.00 bits per heavy atom. The van der Waals surface area contributed by atoms with E-state index in [2.05, 4.69) is 5.32 Å². The van der Waals surface area contributed by atoms with Crippen LogP contribution in [0.25, 0.3) is 6.08 Å². The lowest BCUT2D eigenvalue weighted by Gasteiger charge is -2.13.